The molecule has 0 amide bonds. The van der Waals surface area contributed by atoms with Gasteiger partial charge in [-0.15, -0.1) is 0 Å². The molecule has 0 aliphatic rings. The van der Waals surface area contributed by atoms with Crippen LogP contribution in [0.5, 0.6) is 0 Å². The molecule has 0 fully saturated rings. The fourth-order valence-corrected chi connectivity index (χ4v) is 2.37. The average molecular weight is 275 g/mol. The molecule has 0 bridgehead atoms. The quantitative estimate of drug-likeness (QED) is 0.706. The van der Waals surface area contributed by atoms with E-state index in [9.17, 15) is 9.59 Å². The van der Waals surface area contributed by atoms with E-state index in [0.29, 0.717) is 11.6 Å². The molecule has 0 atom stereocenters. The van der Waals surface area contributed by atoms with Crippen LogP contribution in [0.2, 0.25) is 0 Å². The molecule has 0 aliphatic heterocycles. The molecule has 6 nitrogen and oxygen atoms in total. The van der Waals surface area contributed by atoms with Crippen molar-refractivity contribution in [2.24, 2.45) is 7.05 Å². The lowest BCUT2D eigenvalue weighted by Gasteiger charge is -1.91. The monoisotopic (exact) mass is 275 g/mol. The largest absolute Gasteiger partial charge is 0.354 e. The minimum absolute atomic E-state index is 0.312. The van der Waals surface area contributed by atoms with Crippen LogP contribution >= 0.6 is 11.5 Å². The lowest BCUT2D eigenvalue weighted by atomic mass is 10.2. The summed E-state index contributed by atoms with van der Waals surface area (Å²) in [6, 6.07) is 11.0. The Morgan fingerprint density at radius 3 is 2.58 bits per heavy atom. The van der Waals surface area contributed by atoms with Crippen LogP contribution < -0.4 is 10.6 Å². The van der Waals surface area contributed by atoms with Crippen molar-refractivity contribution in [1.29, 1.82) is 0 Å². The molecule has 3 aromatic rings. The highest BCUT2D eigenvalue weighted by Gasteiger charge is 2.13. The molecule has 0 spiro atoms. The zero-order valence-electron chi connectivity index (χ0n) is 9.94. The van der Waals surface area contributed by atoms with Crippen molar-refractivity contribution in [1.82, 2.24) is 13.7 Å². The van der Waals surface area contributed by atoms with Gasteiger partial charge < -0.3 is 4.52 Å². The summed E-state index contributed by atoms with van der Waals surface area (Å²) in [7, 11) is 1.43. The van der Waals surface area contributed by atoms with Crippen LogP contribution in [0.15, 0.2) is 50.5 Å². The van der Waals surface area contributed by atoms with Gasteiger partial charge in [0.25, 0.3) is 0 Å². The predicted octanol–water partition coefficient (Wildman–Crippen LogP) is 1.25. The van der Waals surface area contributed by atoms with Gasteiger partial charge in [-0.25, -0.2) is 4.79 Å². The van der Waals surface area contributed by atoms with Gasteiger partial charge in [-0.1, -0.05) is 35.5 Å². The van der Waals surface area contributed by atoms with Gasteiger partial charge in [0.2, 0.25) is 0 Å². The van der Waals surface area contributed by atoms with Crippen LogP contribution in [0, 0.1) is 0 Å². The van der Waals surface area contributed by atoms with E-state index in [4.69, 9.17) is 4.52 Å². The maximum absolute atomic E-state index is 11.8. The van der Waals surface area contributed by atoms with Crippen molar-refractivity contribution in [3.63, 3.8) is 0 Å². The van der Waals surface area contributed by atoms with Crippen molar-refractivity contribution in [2.45, 2.75) is 0 Å². The molecule has 2 heterocycles. The predicted molar refractivity (Wildman–Crippen MR) is 70.7 cm³/mol. The van der Waals surface area contributed by atoms with E-state index in [1.54, 1.807) is 6.07 Å². The van der Waals surface area contributed by atoms with Crippen LogP contribution in [0.1, 0.15) is 0 Å². The van der Waals surface area contributed by atoms with Crippen molar-refractivity contribution >= 4 is 11.5 Å². The molecule has 7 heteroatoms. The molecule has 0 unspecified atom stereocenters. The number of benzene rings is 1. The molecular weight excluding hydrogens is 266 g/mol. The van der Waals surface area contributed by atoms with Gasteiger partial charge in [-0.3, -0.25) is 9.36 Å². The van der Waals surface area contributed by atoms with Gasteiger partial charge in [0.05, 0.1) is 0 Å². The Kier molecular flexibility index (Phi) is 2.68. The van der Waals surface area contributed by atoms with E-state index in [1.807, 2.05) is 30.3 Å². The van der Waals surface area contributed by atoms with E-state index >= 15 is 0 Å². The summed E-state index contributed by atoms with van der Waals surface area (Å²) in [5, 5.41) is 3.82. The molecule has 0 radical (unpaired) electrons. The first-order valence-electron chi connectivity index (χ1n) is 5.48. The lowest BCUT2D eigenvalue weighted by molar-refractivity contribution is 0.429. The van der Waals surface area contributed by atoms with Gasteiger partial charge in [0, 0.05) is 30.2 Å². The topological polar surface area (TPSA) is 70.0 Å². The Morgan fingerprint density at radius 2 is 1.95 bits per heavy atom. The maximum atomic E-state index is 11.8. The van der Waals surface area contributed by atoms with Gasteiger partial charge in [0.15, 0.2) is 11.6 Å². The fraction of sp³-hybridized carbons (Fsp3) is 0.0833. The lowest BCUT2D eigenvalue weighted by Crippen LogP contribution is -2.25. The molecule has 1 aromatic carbocycles. The Labute approximate surface area is 111 Å². The Bertz CT molecular complexity index is 826. The Morgan fingerprint density at radius 1 is 1.21 bits per heavy atom. The van der Waals surface area contributed by atoms with Crippen LogP contribution in [0.3, 0.4) is 0 Å². The van der Waals surface area contributed by atoms with Gasteiger partial charge in [0.1, 0.15) is 0 Å². The first-order chi connectivity index (χ1) is 9.16. The second-order valence-electron chi connectivity index (χ2n) is 3.91. The summed E-state index contributed by atoms with van der Waals surface area (Å²) in [6.45, 7) is 0. The van der Waals surface area contributed by atoms with E-state index in [-0.39, 0.29) is 4.87 Å². The molecule has 3 rings (SSSR count). The third kappa shape index (κ3) is 1.93. The molecular formula is C12H9N3O3S. The molecule has 19 heavy (non-hydrogen) atoms. The Hall–Kier alpha value is -2.41. The summed E-state index contributed by atoms with van der Waals surface area (Å²) in [6.07, 6.45) is 0. The molecule has 0 N–H and O–H groups in total. The zero-order chi connectivity index (χ0) is 13.4. The van der Waals surface area contributed by atoms with Gasteiger partial charge in [-0.05, 0) is 0 Å². The highest BCUT2D eigenvalue weighted by molar-refractivity contribution is 7.03. The van der Waals surface area contributed by atoms with Crippen LogP contribution in [0.4, 0.5) is 0 Å². The van der Waals surface area contributed by atoms with Gasteiger partial charge in [-0.2, -0.15) is 3.96 Å². The van der Waals surface area contributed by atoms with Crippen molar-refractivity contribution < 1.29 is 4.52 Å². The second kappa shape index (κ2) is 4.36. The summed E-state index contributed by atoms with van der Waals surface area (Å²) in [5.41, 5.74) is 0.431. The molecule has 96 valence electrons. The number of hydrogen-bond acceptors (Lipinski definition) is 5. The van der Waals surface area contributed by atoms with E-state index < -0.39 is 5.69 Å². The minimum Gasteiger partial charge on any atom is -0.354 e. The van der Waals surface area contributed by atoms with E-state index in [1.165, 1.54) is 11.0 Å². The first kappa shape index (κ1) is 11.7. The molecule has 0 saturated heterocycles. The van der Waals surface area contributed by atoms with Crippen LogP contribution in [0.25, 0.3) is 17.1 Å². The maximum Gasteiger partial charge on any atom is 0.347 e. The smallest absolute Gasteiger partial charge is 0.347 e. The van der Waals surface area contributed by atoms with Crippen LogP contribution in [-0.4, -0.2) is 13.7 Å². The Balaban J connectivity index is 2.09. The number of hydrogen-bond donors (Lipinski definition) is 0. The summed E-state index contributed by atoms with van der Waals surface area (Å²) < 4.78 is 7.43. The van der Waals surface area contributed by atoms with Crippen LogP contribution in [-0.2, 0) is 7.05 Å². The summed E-state index contributed by atoms with van der Waals surface area (Å²) in [4.78, 5) is 22.9. The summed E-state index contributed by atoms with van der Waals surface area (Å²) >= 11 is 0.792. The zero-order valence-corrected chi connectivity index (χ0v) is 10.8. The SMILES string of the molecule is Cn1c(=O)sn(-c2cc(-c3ccccc3)on2)c1=O. The summed E-state index contributed by atoms with van der Waals surface area (Å²) in [5.74, 6) is 0.859. The third-order valence-electron chi connectivity index (χ3n) is 2.67. The first-order valence-corrected chi connectivity index (χ1v) is 6.26. The molecule has 0 saturated carbocycles. The highest BCUT2D eigenvalue weighted by Crippen LogP contribution is 2.21. The molecule has 0 aliphatic carbocycles. The third-order valence-corrected chi connectivity index (χ3v) is 3.62. The standard InChI is InChI=1S/C12H9N3O3S/c1-14-11(16)15(19-12(14)17)10-7-9(18-13-10)8-5-3-2-4-6-8/h2-7H,1H3. The highest BCUT2D eigenvalue weighted by atomic mass is 32.1. The number of rotatable bonds is 2. The van der Waals surface area contributed by atoms with Crippen molar-refractivity contribution in [3.8, 4) is 17.1 Å². The van der Waals surface area contributed by atoms with Gasteiger partial charge >= 0.3 is 10.6 Å². The number of aromatic nitrogens is 3. The normalized spacial score (nSPS) is 10.8. The minimum atomic E-state index is -0.428. The average Bonchev–Trinajstić information content (AvgIpc) is 3.01. The van der Waals surface area contributed by atoms with Crippen molar-refractivity contribution in [3.05, 3.63) is 56.5 Å². The fourth-order valence-electron chi connectivity index (χ4n) is 1.64. The van der Waals surface area contributed by atoms with Crippen molar-refractivity contribution in [2.75, 3.05) is 0 Å². The van der Waals surface area contributed by atoms with E-state index in [0.717, 1.165) is 21.7 Å². The molecule has 2 aromatic heterocycles. The number of nitrogens with zero attached hydrogens (tertiary/aromatic N) is 3. The second-order valence-corrected chi connectivity index (χ2v) is 4.81. The van der Waals surface area contributed by atoms with E-state index in [2.05, 4.69) is 5.16 Å².